The summed E-state index contributed by atoms with van der Waals surface area (Å²) in [5.41, 5.74) is 3.43. The average Bonchev–Trinajstić information content (AvgIpc) is 2.61. The number of hydrogen-bond acceptors (Lipinski definition) is 4. The van der Waals surface area contributed by atoms with Gasteiger partial charge in [-0.25, -0.2) is 0 Å². The zero-order chi connectivity index (χ0) is 18.6. The van der Waals surface area contributed by atoms with Crippen molar-refractivity contribution in [2.75, 3.05) is 0 Å². The quantitative estimate of drug-likeness (QED) is 0.461. The highest BCUT2D eigenvalue weighted by Crippen LogP contribution is 2.50. The molecule has 0 atom stereocenters. The van der Waals surface area contributed by atoms with E-state index >= 15 is 0 Å². The summed E-state index contributed by atoms with van der Waals surface area (Å²) in [7, 11) is 0. The van der Waals surface area contributed by atoms with Crippen LogP contribution in [0, 0.1) is 20.8 Å². The topological polar surface area (TPSA) is 27.7 Å². The molecular weight excluding hydrogens is 363 g/mol. The van der Waals surface area contributed by atoms with Crippen LogP contribution in [0.3, 0.4) is 0 Å². The first kappa shape index (κ1) is 18.5. The fraction of sp³-hybridized carbons (Fsp3) is 0.143. The second-order valence-electron chi connectivity index (χ2n) is 6.16. The van der Waals surface area contributed by atoms with Crippen LogP contribution in [0.1, 0.15) is 16.7 Å². The molecular formula is C21H21O3PS. The first-order chi connectivity index (χ1) is 12.4. The Morgan fingerprint density at radius 1 is 0.500 bits per heavy atom. The SMILES string of the molecule is Cc1ccc(OP(=S)(Oc2ccc(C)cc2)Oc2ccc(C)cc2)cc1. The zero-order valence-electron chi connectivity index (χ0n) is 15.0. The fourth-order valence-electron chi connectivity index (χ4n) is 2.24. The maximum atomic E-state index is 6.01. The summed E-state index contributed by atoms with van der Waals surface area (Å²) in [6.45, 7) is 2.96. The van der Waals surface area contributed by atoms with Crippen LogP contribution in [-0.4, -0.2) is 0 Å². The Labute approximate surface area is 159 Å². The van der Waals surface area contributed by atoms with Gasteiger partial charge >= 0.3 is 6.72 Å². The van der Waals surface area contributed by atoms with Crippen LogP contribution in [0.25, 0.3) is 0 Å². The molecule has 0 unspecified atom stereocenters. The standard InChI is InChI=1S/C21H21O3PS/c1-16-4-10-19(11-5-16)22-25(26,23-20-12-6-17(2)7-13-20)24-21-14-8-18(3)9-15-21/h4-15H,1-3H3. The Morgan fingerprint density at radius 2 is 0.731 bits per heavy atom. The maximum absolute atomic E-state index is 6.01. The molecule has 0 saturated heterocycles. The van der Waals surface area contributed by atoms with E-state index in [1.807, 2.05) is 93.6 Å². The van der Waals surface area contributed by atoms with Crippen molar-refractivity contribution in [3.05, 3.63) is 89.5 Å². The molecule has 0 aliphatic heterocycles. The molecule has 0 saturated carbocycles. The fourth-order valence-corrected chi connectivity index (χ4v) is 4.27. The number of aryl methyl sites for hydroxylation is 3. The molecule has 0 bridgehead atoms. The molecule has 3 aromatic carbocycles. The molecule has 0 aliphatic carbocycles. The van der Waals surface area contributed by atoms with E-state index in [1.54, 1.807) is 0 Å². The summed E-state index contributed by atoms with van der Waals surface area (Å²) in [5, 5.41) is 0. The summed E-state index contributed by atoms with van der Waals surface area (Å²) < 4.78 is 18.0. The van der Waals surface area contributed by atoms with E-state index in [4.69, 9.17) is 25.4 Å². The van der Waals surface area contributed by atoms with E-state index in [1.165, 1.54) is 0 Å². The van der Waals surface area contributed by atoms with E-state index in [-0.39, 0.29) is 0 Å². The van der Waals surface area contributed by atoms with Crippen molar-refractivity contribution in [2.24, 2.45) is 0 Å². The minimum absolute atomic E-state index is 0.623. The third kappa shape index (κ3) is 5.10. The highest BCUT2D eigenvalue weighted by molar-refractivity contribution is 8.08. The van der Waals surface area contributed by atoms with Gasteiger partial charge in [0.1, 0.15) is 17.2 Å². The molecule has 0 amide bonds. The smallest absolute Gasteiger partial charge is 0.407 e. The summed E-state index contributed by atoms with van der Waals surface area (Å²) in [5.74, 6) is 1.87. The molecule has 0 radical (unpaired) electrons. The molecule has 3 rings (SSSR count). The second-order valence-corrected chi connectivity index (χ2v) is 8.94. The molecule has 0 heterocycles. The molecule has 134 valence electrons. The largest absolute Gasteiger partial charge is 0.490 e. The van der Waals surface area contributed by atoms with Gasteiger partial charge in [-0.3, -0.25) is 0 Å². The number of benzene rings is 3. The lowest BCUT2D eigenvalue weighted by Crippen LogP contribution is -2.07. The molecule has 0 spiro atoms. The summed E-state index contributed by atoms with van der Waals surface area (Å²) >= 11 is 5.69. The molecule has 5 heteroatoms. The molecule has 3 nitrogen and oxygen atoms in total. The van der Waals surface area contributed by atoms with Crippen LogP contribution in [-0.2, 0) is 11.8 Å². The first-order valence-electron chi connectivity index (χ1n) is 8.31. The zero-order valence-corrected chi connectivity index (χ0v) is 16.7. The number of hydrogen-bond donors (Lipinski definition) is 0. The van der Waals surface area contributed by atoms with Gasteiger partial charge in [0.2, 0.25) is 0 Å². The van der Waals surface area contributed by atoms with Gasteiger partial charge in [-0.2, -0.15) is 0 Å². The van der Waals surface area contributed by atoms with Crippen LogP contribution in [0.5, 0.6) is 17.2 Å². The minimum atomic E-state index is -3.10. The Morgan fingerprint density at radius 3 is 0.962 bits per heavy atom. The van der Waals surface area contributed by atoms with Crippen LogP contribution >= 0.6 is 6.72 Å². The third-order valence-corrected chi connectivity index (χ3v) is 5.69. The molecule has 3 aromatic rings. The Kier molecular flexibility index (Phi) is 5.65. The average molecular weight is 384 g/mol. The second kappa shape index (κ2) is 7.94. The van der Waals surface area contributed by atoms with E-state index in [0.29, 0.717) is 17.2 Å². The van der Waals surface area contributed by atoms with Crippen molar-refractivity contribution in [3.63, 3.8) is 0 Å². The van der Waals surface area contributed by atoms with Crippen LogP contribution in [0.4, 0.5) is 0 Å². The van der Waals surface area contributed by atoms with Crippen molar-refractivity contribution in [1.82, 2.24) is 0 Å². The van der Waals surface area contributed by atoms with E-state index in [2.05, 4.69) is 0 Å². The summed E-state index contributed by atoms with van der Waals surface area (Å²) in [6, 6.07) is 23.0. The molecule has 0 aliphatic rings. The summed E-state index contributed by atoms with van der Waals surface area (Å²) in [6.07, 6.45) is 0. The van der Waals surface area contributed by atoms with Gasteiger partial charge < -0.3 is 13.6 Å². The molecule has 0 aromatic heterocycles. The third-order valence-electron chi connectivity index (χ3n) is 3.71. The van der Waals surface area contributed by atoms with Gasteiger partial charge in [0, 0.05) is 11.8 Å². The lowest BCUT2D eigenvalue weighted by molar-refractivity contribution is 0.384. The van der Waals surface area contributed by atoms with Gasteiger partial charge in [-0.15, -0.1) is 0 Å². The predicted octanol–water partition coefficient (Wildman–Crippen LogP) is 6.37. The monoisotopic (exact) mass is 384 g/mol. The van der Waals surface area contributed by atoms with Crippen molar-refractivity contribution in [1.29, 1.82) is 0 Å². The Balaban J connectivity index is 1.88. The van der Waals surface area contributed by atoms with Gasteiger partial charge in [0.05, 0.1) is 0 Å². The normalized spacial score (nSPS) is 11.0. The number of rotatable bonds is 6. The van der Waals surface area contributed by atoms with E-state index in [0.717, 1.165) is 16.7 Å². The van der Waals surface area contributed by atoms with Gasteiger partial charge in [0.25, 0.3) is 0 Å². The van der Waals surface area contributed by atoms with E-state index < -0.39 is 6.72 Å². The Bertz CT molecular complexity index is 781. The first-order valence-corrected chi connectivity index (χ1v) is 10.9. The van der Waals surface area contributed by atoms with Crippen LogP contribution in [0.15, 0.2) is 72.8 Å². The predicted molar refractivity (Wildman–Crippen MR) is 110 cm³/mol. The minimum Gasteiger partial charge on any atom is -0.407 e. The molecule has 26 heavy (non-hydrogen) atoms. The van der Waals surface area contributed by atoms with Crippen LogP contribution < -0.4 is 13.6 Å². The molecule has 0 fully saturated rings. The maximum Gasteiger partial charge on any atom is 0.490 e. The van der Waals surface area contributed by atoms with Gasteiger partial charge in [-0.05, 0) is 57.2 Å². The van der Waals surface area contributed by atoms with Crippen molar-refractivity contribution < 1.29 is 13.6 Å². The Hall–Kier alpha value is -2.29. The van der Waals surface area contributed by atoms with Gasteiger partial charge in [0.15, 0.2) is 0 Å². The van der Waals surface area contributed by atoms with Gasteiger partial charge in [-0.1, -0.05) is 53.1 Å². The van der Waals surface area contributed by atoms with E-state index in [9.17, 15) is 0 Å². The summed E-state index contributed by atoms with van der Waals surface area (Å²) in [4.78, 5) is 0. The lowest BCUT2D eigenvalue weighted by atomic mass is 10.2. The highest BCUT2D eigenvalue weighted by Gasteiger charge is 2.26. The molecule has 0 N–H and O–H groups in total. The van der Waals surface area contributed by atoms with Crippen molar-refractivity contribution in [3.8, 4) is 17.2 Å². The van der Waals surface area contributed by atoms with Crippen LogP contribution in [0.2, 0.25) is 0 Å². The van der Waals surface area contributed by atoms with Crippen molar-refractivity contribution in [2.45, 2.75) is 20.8 Å². The lowest BCUT2D eigenvalue weighted by Gasteiger charge is -2.23. The highest BCUT2D eigenvalue weighted by atomic mass is 32.5. The van der Waals surface area contributed by atoms with Crippen molar-refractivity contribution >= 4 is 18.5 Å².